The molecule has 1 fully saturated rings. The molecule has 1 unspecified atom stereocenters. The molecule has 6 atom stereocenters. The fourth-order valence-corrected chi connectivity index (χ4v) is 5.14. The Balaban J connectivity index is 1.49. The van der Waals surface area contributed by atoms with Crippen LogP contribution in [0, 0.1) is 0 Å². The van der Waals surface area contributed by atoms with Crippen molar-refractivity contribution in [1.29, 1.82) is 0 Å². The van der Waals surface area contributed by atoms with E-state index in [2.05, 4.69) is 10.6 Å². The molecule has 2 aromatic rings. The minimum absolute atomic E-state index is 0.0328. The molecule has 5 N–H and O–H groups in total. The van der Waals surface area contributed by atoms with Gasteiger partial charge in [0.15, 0.2) is 11.6 Å². The van der Waals surface area contributed by atoms with Crippen LogP contribution in [0.5, 0.6) is 0 Å². The predicted octanol–water partition coefficient (Wildman–Crippen LogP) is -0.874. The van der Waals surface area contributed by atoms with Gasteiger partial charge in [0.05, 0.1) is 31.9 Å². The van der Waals surface area contributed by atoms with E-state index in [0.29, 0.717) is 0 Å². The van der Waals surface area contributed by atoms with Crippen molar-refractivity contribution >= 4 is 29.2 Å². The van der Waals surface area contributed by atoms with Crippen LogP contribution in [-0.2, 0) is 23.8 Å². The number of hydrogen-bond acceptors (Lipinski definition) is 12. The van der Waals surface area contributed by atoms with Crippen LogP contribution in [0.4, 0.5) is 0 Å². The number of ketones is 3. The van der Waals surface area contributed by atoms with Gasteiger partial charge < -0.3 is 40.2 Å². The summed E-state index contributed by atoms with van der Waals surface area (Å²) in [6.07, 6.45) is -6.76. The number of benzene rings is 2. The van der Waals surface area contributed by atoms with E-state index in [1.54, 1.807) is 18.2 Å². The van der Waals surface area contributed by atoms with Crippen LogP contribution < -0.4 is 10.6 Å². The second-order valence-electron chi connectivity index (χ2n) is 10.1. The fourth-order valence-electron chi connectivity index (χ4n) is 5.14. The Morgan fingerprint density at radius 1 is 1.02 bits per heavy atom. The van der Waals surface area contributed by atoms with Crippen LogP contribution in [0.2, 0.25) is 0 Å². The maximum atomic E-state index is 13.0. The van der Waals surface area contributed by atoms with Gasteiger partial charge in [-0.25, -0.2) is 4.79 Å². The van der Waals surface area contributed by atoms with Crippen molar-refractivity contribution in [1.82, 2.24) is 10.6 Å². The molecule has 2 aromatic carbocycles. The van der Waals surface area contributed by atoms with Gasteiger partial charge in [-0.3, -0.25) is 19.2 Å². The summed E-state index contributed by atoms with van der Waals surface area (Å²) in [6, 6.07) is 9.29. The third-order valence-electron chi connectivity index (χ3n) is 7.38. The number of aliphatic hydroxyl groups is 3. The fraction of sp³-hybridized carbons (Fsp3) is 0.414. The molecule has 1 saturated heterocycles. The molecule has 1 amide bonds. The summed E-state index contributed by atoms with van der Waals surface area (Å²) in [5.41, 5.74) is 0.767. The number of rotatable bonds is 10. The number of Topliss-reactive ketones (excluding diaryl/α,β-unsaturated/α-hetero) is 1. The standard InChI is InChI=1S/C29H32N2O11/c1-14(32)12-30-22-20(33)11-29(41-3,28(39)40-2)42-26(22)25(37)21(34)13-31-27(38)15-8-9-18-19(10-15)24(36)17-7-5-4-6-16(17)23(18)35/h4-10,20-22,25-26,30,33-34,37H,11-13H2,1-3H3,(H,31,38)/t20-,21+,22+,25?,26+,29+/m0/s1. The molecule has 13 heteroatoms. The van der Waals surface area contributed by atoms with E-state index in [1.165, 1.54) is 31.2 Å². The highest BCUT2D eigenvalue weighted by Gasteiger charge is 2.55. The SMILES string of the molecule is COC(=O)[C@@]1(OC)C[C@H](O)[C@@H](NCC(C)=O)[C@H](C(O)[C@H](O)CNC(=O)c2ccc3c(c2)C(=O)c2ccccc2C3=O)O1. The Morgan fingerprint density at radius 3 is 2.24 bits per heavy atom. The first-order valence-electron chi connectivity index (χ1n) is 13.1. The zero-order valence-corrected chi connectivity index (χ0v) is 23.2. The first-order valence-corrected chi connectivity index (χ1v) is 13.1. The summed E-state index contributed by atoms with van der Waals surface area (Å²) in [6.45, 7) is 0.583. The van der Waals surface area contributed by atoms with Gasteiger partial charge in [-0.15, -0.1) is 0 Å². The molecule has 0 spiro atoms. The minimum Gasteiger partial charge on any atom is -0.465 e. The Morgan fingerprint density at radius 2 is 1.64 bits per heavy atom. The van der Waals surface area contributed by atoms with Crippen molar-refractivity contribution < 1.29 is 53.5 Å². The first kappa shape index (κ1) is 31.1. The van der Waals surface area contributed by atoms with Crippen LogP contribution in [0.1, 0.15) is 55.5 Å². The van der Waals surface area contributed by atoms with Gasteiger partial charge in [0.2, 0.25) is 0 Å². The van der Waals surface area contributed by atoms with E-state index in [-0.39, 0.29) is 45.9 Å². The number of fused-ring (bicyclic) bond motifs is 2. The van der Waals surface area contributed by atoms with Gasteiger partial charge in [-0.05, 0) is 25.1 Å². The van der Waals surface area contributed by atoms with Crippen molar-refractivity contribution in [2.75, 3.05) is 27.3 Å². The quantitative estimate of drug-likeness (QED) is 0.185. The lowest BCUT2D eigenvalue weighted by molar-refractivity contribution is -0.304. The molecule has 0 saturated carbocycles. The zero-order valence-electron chi connectivity index (χ0n) is 23.2. The van der Waals surface area contributed by atoms with E-state index < -0.39 is 66.9 Å². The summed E-state index contributed by atoms with van der Waals surface area (Å²) >= 11 is 0. The second kappa shape index (κ2) is 12.6. The van der Waals surface area contributed by atoms with Crippen LogP contribution in [0.25, 0.3) is 0 Å². The van der Waals surface area contributed by atoms with Gasteiger partial charge in [-0.1, -0.05) is 24.3 Å². The van der Waals surface area contributed by atoms with E-state index >= 15 is 0 Å². The monoisotopic (exact) mass is 584 g/mol. The van der Waals surface area contributed by atoms with Gasteiger partial charge in [0, 0.05) is 47.9 Å². The van der Waals surface area contributed by atoms with Gasteiger partial charge >= 0.3 is 5.97 Å². The molecule has 0 bridgehead atoms. The molecule has 1 aliphatic heterocycles. The third kappa shape index (κ3) is 5.88. The Hall–Kier alpha value is -3.85. The van der Waals surface area contributed by atoms with Crippen molar-refractivity contribution in [3.05, 3.63) is 70.3 Å². The molecule has 42 heavy (non-hydrogen) atoms. The van der Waals surface area contributed by atoms with E-state index in [4.69, 9.17) is 14.2 Å². The molecular weight excluding hydrogens is 552 g/mol. The average molecular weight is 585 g/mol. The van der Waals surface area contributed by atoms with E-state index in [9.17, 15) is 39.3 Å². The number of nitrogens with one attached hydrogen (secondary N) is 2. The molecule has 4 rings (SSSR count). The number of carbonyl (C=O) groups is 5. The van der Waals surface area contributed by atoms with Gasteiger partial charge in [0.1, 0.15) is 18.0 Å². The highest BCUT2D eigenvalue weighted by Crippen LogP contribution is 2.34. The van der Waals surface area contributed by atoms with Gasteiger partial charge in [0.25, 0.3) is 11.7 Å². The Kier molecular flexibility index (Phi) is 9.30. The van der Waals surface area contributed by atoms with Crippen LogP contribution in [-0.4, -0.2) is 108 Å². The maximum Gasteiger partial charge on any atom is 0.366 e. The van der Waals surface area contributed by atoms with Crippen molar-refractivity contribution in [3.63, 3.8) is 0 Å². The van der Waals surface area contributed by atoms with Crippen LogP contribution >= 0.6 is 0 Å². The first-order chi connectivity index (χ1) is 19.9. The molecule has 0 aromatic heterocycles. The topological polar surface area (TPSA) is 198 Å². The number of aliphatic hydroxyl groups excluding tert-OH is 3. The second-order valence-corrected chi connectivity index (χ2v) is 10.1. The lowest BCUT2D eigenvalue weighted by atomic mass is 9.83. The minimum atomic E-state index is -2.11. The average Bonchev–Trinajstić information content (AvgIpc) is 3.00. The summed E-state index contributed by atoms with van der Waals surface area (Å²) in [7, 11) is 2.22. The lowest BCUT2D eigenvalue weighted by Crippen LogP contribution is -2.67. The third-order valence-corrected chi connectivity index (χ3v) is 7.38. The Labute approximate surface area is 240 Å². The number of methoxy groups -OCH3 is 2. The molecule has 2 aliphatic rings. The van der Waals surface area contributed by atoms with Crippen molar-refractivity contribution in [2.45, 2.75) is 49.6 Å². The number of carbonyl (C=O) groups excluding carboxylic acids is 5. The highest BCUT2D eigenvalue weighted by molar-refractivity contribution is 6.28. The number of amides is 1. The molecular formula is C29H32N2O11. The number of esters is 1. The molecule has 224 valence electrons. The summed E-state index contributed by atoms with van der Waals surface area (Å²) in [5, 5.41) is 37.8. The largest absolute Gasteiger partial charge is 0.465 e. The Bertz CT molecular complexity index is 1410. The van der Waals surface area contributed by atoms with Crippen LogP contribution in [0.3, 0.4) is 0 Å². The normalized spacial score (nSPS) is 24.7. The summed E-state index contributed by atoms with van der Waals surface area (Å²) < 4.78 is 15.7. The number of hydrogen-bond donors (Lipinski definition) is 5. The lowest BCUT2D eigenvalue weighted by Gasteiger charge is -2.46. The highest BCUT2D eigenvalue weighted by atomic mass is 16.7. The molecule has 1 aliphatic carbocycles. The van der Waals surface area contributed by atoms with Crippen molar-refractivity contribution in [3.8, 4) is 0 Å². The van der Waals surface area contributed by atoms with Crippen LogP contribution in [0.15, 0.2) is 42.5 Å². The number of ether oxygens (including phenoxy) is 3. The molecule has 0 radical (unpaired) electrons. The van der Waals surface area contributed by atoms with E-state index in [0.717, 1.165) is 14.2 Å². The summed E-state index contributed by atoms with van der Waals surface area (Å²) in [5.74, 6) is -4.84. The molecule has 1 heterocycles. The van der Waals surface area contributed by atoms with Crippen molar-refractivity contribution in [2.24, 2.45) is 0 Å². The molecule has 13 nitrogen and oxygen atoms in total. The smallest absolute Gasteiger partial charge is 0.366 e. The van der Waals surface area contributed by atoms with Gasteiger partial charge in [-0.2, -0.15) is 0 Å². The predicted molar refractivity (Wildman–Crippen MR) is 144 cm³/mol. The van der Waals surface area contributed by atoms with E-state index in [1.807, 2.05) is 0 Å². The maximum absolute atomic E-state index is 13.0. The summed E-state index contributed by atoms with van der Waals surface area (Å²) in [4.78, 5) is 62.8. The zero-order chi connectivity index (χ0) is 30.8.